The molecule has 0 amide bonds. The van der Waals surface area contributed by atoms with Crippen molar-refractivity contribution in [1.29, 1.82) is 0 Å². The van der Waals surface area contributed by atoms with Gasteiger partial charge >= 0.3 is 0 Å². The van der Waals surface area contributed by atoms with Crippen LogP contribution >= 0.6 is 0 Å². The zero-order valence-electron chi connectivity index (χ0n) is 9.81. The third kappa shape index (κ3) is 2.10. The number of aliphatic hydroxyl groups excluding tert-OH is 1. The van der Waals surface area contributed by atoms with E-state index >= 15 is 0 Å². The predicted molar refractivity (Wildman–Crippen MR) is 70.3 cm³/mol. The second-order valence-corrected chi connectivity index (χ2v) is 4.16. The maximum Gasteiger partial charge on any atom is 0.129 e. The molecule has 0 aliphatic heterocycles. The van der Waals surface area contributed by atoms with Crippen molar-refractivity contribution >= 4 is 16.6 Å². The SMILES string of the molecule is OCc1ccc(CNc2ccc3[nH]ccc3c2)o1. The summed E-state index contributed by atoms with van der Waals surface area (Å²) in [5.41, 5.74) is 2.17. The Morgan fingerprint density at radius 1 is 1.11 bits per heavy atom. The molecule has 0 unspecified atom stereocenters. The van der Waals surface area contributed by atoms with Crippen LogP contribution in [0.15, 0.2) is 47.0 Å². The van der Waals surface area contributed by atoms with Crippen LogP contribution in [-0.4, -0.2) is 10.1 Å². The molecular formula is C14H14N2O2. The number of H-pyrrole nitrogens is 1. The Morgan fingerprint density at radius 3 is 2.83 bits per heavy atom. The van der Waals surface area contributed by atoms with Gasteiger partial charge in [-0.05, 0) is 36.4 Å². The minimum absolute atomic E-state index is 0.0602. The summed E-state index contributed by atoms with van der Waals surface area (Å²) in [7, 11) is 0. The molecule has 2 heterocycles. The average Bonchev–Trinajstić information content (AvgIpc) is 3.04. The van der Waals surface area contributed by atoms with Gasteiger partial charge in [0, 0.05) is 22.8 Å². The van der Waals surface area contributed by atoms with Crippen LogP contribution < -0.4 is 5.32 Å². The monoisotopic (exact) mass is 242 g/mol. The van der Waals surface area contributed by atoms with Crippen LogP contribution in [0.1, 0.15) is 11.5 Å². The largest absolute Gasteiger partial charge is 0.462 e. The van der Waals surface area contributed by atoms with Crippen molar-refractivity contribution < 1.29 is 9.52 Å². The summed E-state index contributed by atoms with van der Waals surface area (Å²) in [6, 6.07) is 11.8. The maximum absolute atomic E-state index is 8.91. The fraction of sp³-hybridized carbons (Fsp3) is 0.143. The van der Waals surface area contributed by atoms with Crippen molar-refractivity contribution in [3.63, 3.8) is 0 Å². The number of hydrogen-bond acceptors (Lipinski definition) is 3. The molecule has 0 radical (unpaired) electrons. The molecule has 1 aromatic carbocycles. The van der Waals surface area contributed by atoms with E-state index in [1.807, 2.05) is 30.5 Å². The molecule has 0 saturated heterocycles. The number of anilines is 1. The summed E-state index contributed by atoms with van der Waals surface area (Å²) in [5, 5.41) is 13.4. The predicted octanol–water partition coefficient (Wildman–Crippen LogP) is 2.87. The first-order valence-electron chi connectivity index (χ1n) is 5.84. The molecule has 0 spiro atoms. The van der Waals surface area contributed by atoms with Gasteiger partial charge in [-0.25, -0.2) is 0 Å². The molecule has 0 bridgehead atoms. The number of hydrogen-bond donors (Lipinski definition) is 3. The summed E-state index contributed by atoms with van der Waals surface area (Å²) in [6.07, 6.45) is 1.93. The number of benzene rings is 1. The highest BCUT2D eigenvalue weighted by Crippen LogP contribution is 2.18. The smallest absolute Gasteiger partial charge is 0.129 e. The van der Waals surface area contributed by atoms with Gasteiger partial charge in [-0.15, -0.1) is 0 Å². The number of nitrogens with one attached hydrogen (secondary N) is 2. The molecule has 0 aliphatic rings. The van der Waals surface area contributed by atoms with Crippen molar-refractivity contribution in [3.05, 3.63) is 54.1 Å². The van der Waals surface area contributed by atoms with E-state index in [4.69, 9.17) is 9.52 Å². The van der Waals surface area contributed by atoms with Gasteiger partial charge in [-0.2, -0.15) is 0 Å². The summed E-state index contributed by atoms with van der Waals surface area (Å²) in [6.45, 7) is 0.547. The lowest BCUT2D eigenvalue weighted by Gasteiger charge is -2.04. The molecule has 3 aromatic rings. The highest BCUT2D eigenvalue weighted by atomic mass is 16.4. The van der Waals surface area contributed by atoms with Gasteiger partial charge in [0.05, 0.1) is 6.54 Å². The van der Waals surface area contributed by atoms with Crippen LogP contribution in [0.5, 0.6) is 0 Å². The summed E-state index contributed by atoms with van der Waals surface area (Å²) in [5.74, 6) is 1.40. The maximum atomic E-state index is 8.91. The molecule has 92 valence electrons. The Labute approximate surface area is 104 Å². The molecule has 3 rings (SSSR count). The van der Waals surface area contributed by atoms with Gasteiger partial charge in [-0.1, -0.05) is 0 Å². The first-order chi connectivity index (χ1) is 8.85. The third-order valence-corrected chi connectivity index (χ3v) is 2.89. The van der Waals surface area contributed by atoms with Crippen LogP contribution in [0, 0.1) is 0 Å². The highest BCUT2D eigenvalue weighted by Gasteiger charge is 2.01. The van der Waals surface area contributed by atoms with Crippen molar-refractivity contribution in [1.82, 2.24) is 4.98 Å². The minimum atomic E-state index is -0.0602. The minimum Gasteiger partial charge on any atom is -0.462 e. The quantitative estimate of drug-likeness (QED) is 0.659. The zero-order chi connectivity index (χ0) is 12.4. The molecule has 0 aliphatic carbocycles. The number of aromatic amines is 1. The topological polar surface area (TPSA) is 61.2 Å². The number of fused-ring (bicyclic) bond motifs is 1. The van der Waals surface area contributed by atoms with Crippen molar-refractivity contribution in [2.75, 3.05) is 5.32 Å². The number of rotatable bonds is 4. The van der Waals surface area contributed by atoms with E-state index in [1.54, 1.807) is 6.07 Å². The van der Waals surface area contributed by atoms with Gasteiger partial charge in [0.1, 0.15) is 18.1 Å². The van der Waals surface area contributed by atoms with Crippen LogP contribution in [-0.2, 0) is 13.2 Å². The van der Waals surface area contributed by atoms with E-state index < -0.39 is 0 Å². The fourth-order valence-electron chi connectivity index (χ4n) is 1.95. The first kappa shape index (κ1) is 10.9. The standard InChI is InChI=1S/C14H14N2O2/c17-9-13-3-2-12(18-13)8-16-11-1-4-14-10(7-11)5-6-15-14/h1-7,15-17H,8-9H2. The fourth-order valence-corrected chi connectivity index (χ4v) is 1.95. The Bertz CT molecular complexity index is 654. The molecule has 0 fully saturated rings. The Hall–Kier alpha value is -2.20. The number of furan rings is 1. The molecule has 2 aromatic heterocycles. The highest BCUT2D eigenvalue weighted by molar-refractivity contribution is 5.82. The number of aromatic nitrogens is 1. The van der Waals surface area contributed by atoms with E-state index in [0.717, 1.165) is 17.0 Å². The lowest BCUT2D eigenvalue weighted by molar-refractivity contribution is 0.244. The second kappa shape index (κ2) is 4.58. The lowest BCUT2D eigenvalue weighted by Crippen LogP contribution is -1.97. The van der Waals surface area contributed by atoms with E-state index in [0.29, 0.717) is 12.3 Å². The van der Waals surface area contributed by atoms with Crippen LogP contribution in [0.3, 0.4) is 0 Å². The summed E-state index contributed by atoms with van der Waals surface area (Å²) < 4.78 is 5.41. The molecule has 4 heteroatoms. The van der Waals surface area contributed by atoms with Crippen molar-refractivity contribution in [3.8, 4) is 0 Å². The molecule has 0 saturated carbocycles. The van der Waals surface area contributed by atoms with Gasteiger partial charge in [0.25, 0.3) is 0 Å². The second-order valence-electron chi connectivity index (χ2n) is 4.16. The Balaban J connectivity index is 1.72. The first-order valence-corrected chi connectivity index (χ1v) is 5.84. The normalized spacial score (nSPS) is 10.9. The van der Waals surface area contributed by atoms with E-state index in [9.17, 15) is 0 Å². The van der Waals surface area contributed by atoms with E-state index in [-0.39, 0.29) is 6.61 Å². The van der Waals surface area contributed by atoms with E-state index in [2.05, 4.69) is 16.4 Å². The van der Waals surface area contributed by atoms with E-state index in [1.165, 1.54) is 5.39 Å². The third-order valence-electron chi connectivity index (χ3n) is 2.89. The van der Waals surface area contributed by atoms with Gasteiger partial charge in [0.15, 0.2) is 0 Å². The molecule has 0 atom stereocenters. The Kier molecular flexibility index (Phi) is 2.78. The van der Waals surface area contributed by atoms with Gasteiger partial charge < -0.3 is 19.8 Å². The summed E-state index contributed by atoms with van der Waals surface area (Å²) in [4.78, 5) is 3.16. The van der Waals surface area contributed by atoms with Crippen LogP contribution in [0.2, 0.25) is 0 Å². The molecule has 4 nitrogen and oxygen atoms in total. The molecule has 18 heavy (non-hydrogen) atoms. The van der Waals surface area contributed by atoms with Gasteiger partial charge in [0.2, 0.25) is 0 Å². The molecular weight excluding hydrogens is 228 g/mol. The van der Waals surface area contributed by atoms with Gasteiger partial charge in [-0.3, -0.25) is 0 Å². The molecule has 3 N–H and O–H groups in total. The zero-order valence-corrected chi connectivity index (χ0v) is 9.81. The van der Waals surface area contributed by atoms with Crippen molar-refractivity contribution in [2.45, 2.75) is 13.2 Å². The van der Waals surface area contributed by atoms with Crippen molar-refractivity contribution in [2.24, 2.45) is 0 Å². The summed E-state index contributed by atoms with van der Waals surface area (Å²) >= 11 is 0. The number of aliphatic hydroxyl groups is 1. The van der Waals surface area contributed by atoms with Crippen LogP contribution in [0.4, 0.5) is 5.69 Å². The lowest BCUT2D eigenvalue weighted by atomic mass is 10.2. The average molecular weight is 242 g/mol. The Morgan fingerprint density at radius 2 is 2.00 bits per heavy atom. The van der Waals surface area contributed by atoms with Crippen LogP contribution in [0.25, 0.3) is 10.9 Å².